The van der Waals surface area contributed by atoms with Gasteiger partial charge >= 0.3 is 18.0 Å². The largest absolute Gasteiger partial charge is 0.573 e. The number of halogens is 3. The lowest BCUT2D eigenvalue weighted by molar-refractivity contribution is -0.274. The molecule has 0 saturated carbocycles. The molecule has 0 bridgehead atoms. The molecule has 118 valence electrons. The SMILES string of the molecule is [N-]=[N+]=C(C(=O)N1CCOCC1)c1ccc(OC(F)(F)F)cc1. The fourth-order valence-electron chi connectivity index (χ4n) is 1.95. The second kappa shape index (κ2) is 6.59. The molecule has 0 unspecified atom stereocenters. The van der Waals surface area contributed by atoms with Crippen LogP contribution >= 0.6 is 0 Å². The molecular weight excluding hydrogens is 303 g/mol. The van der Waals surface area contributed by atoms with Gasteiger partial charge in [0.1, 0.15) is 5.75 Å². The Balaban J connectivity index is 2.14. The second-order valence-electron chi connectivity index (χ2n) is 4.43. The first-order chi connectivity index (χ1) is 10.4. The van der Waals surface area contributed by atoms with Crippen molar-refractivity contribution in [2.45, 2.75) is 6.36 Å². The van der Waals surface area contributed by atoms with Crippen molar-refractivity contribution in [3.05, 3.63) is 35.4 Å². The Kier molecular flexibility index (Phi) is 4.79. The first kappa shape index (κ1) is 16.0. The summed E-state index contributed by atoms with van der Waals surface area (Å²) in [5, 5.41) is 0. The summed E-state index contributed by atoms with van der Waals surface area (Å²) in [6, 6.07) is 4.52. The second-order valence-corrected chi connectivity index (χ2v) is 4.43. The van der Waals surface area contributed by atoms with Crippen molar-refractivity contribution < 1.29 is 32.2 Å². The highest BCUT2D eigenvalue weighted by Crippen LogP contribution is 2.23. The van der Waals surface area contributed by atoms with Gasteiger partial charge in [-0.2, -0.15) is 4.79 Å². The number of amides is 1. The van der Waals surface area contributed by atoms with Gasteiger partial charge in [0.05, 0.1) is 18.8 Å². The van der Waals surface area contributed by atoms with Gasteiger partial charge in [0.25, 0.3) is 0 Å². The van der Waals surface area contributed by atoms with E-state index in [-0.39, 0.29) is 11.3 Å². The molecule has 1 aromatic rings. The average molecular weight is 315 g/mol. The van der Waals surface area contributed by atoms with Crippen LogP contribution in [-0.4, -0.2) is 54.0 Å². The highest BCUT2D eigenvalue weighted by Gasteiger charge is 2.32. The van der Waals surface area contributed by atoms with Crippen molar-refractivity contribution in [1.29, 1.82) is 0 Å². The Morgan fingerprint density at radius 2 is 1.82 bits per heavy atom. The fourth-order valence-corrected chi connectivity index (χ4v) is 1.95. The lowest BCUT2D eigenvalue weighted by Gasteiger charge is -2.25. The molecule has 1 fully saturated rings. The van der Waals surface area contributed by atoms with Crippen molar-refractivity contribution in [2.75, 3.05) is 26.3 Å². The molecule has 0 N–H and O–H groups in total. The van der Waals surface area contributed by atoms with Crippen LogP contribution in [0.2, 0.25) is 0 Å². The zero-order valence-electron chi connectivity index (χ0n) is 11.3. The fraction of sp³-hybridized carbons (Fsp3) is 0.385. The minimum absolute atomic E-state index is 0.188. The van der Waals surface area contributed by atoms with Crippen molar-refractivity contribution in [3.63, 3.8) is 0 Å². The van der Waals surface area contributed by atoms with E-state index < -0.39 is 18.0 Å². The molecule has 9 heteroatoms. The van der Waals surface area contributed by atoms with E-state index in [9.17, 15) is 18.0 Å². The summed E-state index contributed by atoms with van der Waals surface area (Å²) in [6.45, 7) is 1.46. The van der Waals surface area contributed by atoms with E-state index in [2.05, 4.69) is 9.53 Å². The summed E-state index contributed by atoms with van der Waals surface area (Å²) in [5.41, 5.74) is 8.97. The number of carbonyl (C=O) groups is 1. The minimum atomic E-state index is -4.79. The van der Waals surface area contributed by atoms with Gasteiger partial charge in [0, 0.05) is 13.1 Å². The minimum Gasteiger partial charge on any atom is -0.406 e. The first-order valence-electron chi connectivity index (χ1n) is 6.36. The Morgan fingerprint density at radius 1 is 1.23 bits per heavy atom. The Bertz CT molecular complexity index is 589. The van der Waals surface area contributed by atoms with Crippen LogP contribution in [0, 0.1) is 0 Å². The van der Waals surface area contributed by atoms with Crippen LogP contribution in [0.5, 0.6) is 5.75 Å². The van der Waals surface area contributed by atoms with E-state index in [0.717, 1.165) is 12.1 Å². The van der Waals surface area contributed by atoms with Crippen molar-refractivity contribution in [1.82, 2.24) is 4.90 Å². The zero-order valence-corrected chi connectivity index (χ0v) is 11.3. The molecule has 0 radical (unpaired) electrons. The third-order valence-electron chi connectivity index (χ3n) is 2.96. The Morgan fingerprint density at radius 3 is 2.32 bits per heavy atom. The van der Waals surface area contributed by atoms with Crippen LogP contribution in [0.4, 0.5) is 13.2 Å². The van der Waals surface area contributed by atoms with Gasteiger partial charge in [-0.05, 0) is 24.3 Å². The molecule has 1 aliphatic heterocycles. The molecule has 0 aliphatic carbocycles. The predicted octanol–water partition coefficient (Wildman–Crippen LogP) is 1.46. The van der Waals surface area contributed by atoms with E-state index in [1.54, 1.807) is 0 Å². The molecule has 0 atom stereocenters. The molecule has 22 heavy (non-hydrogen) atoms. The summed E-state index contributed by atoms with van der Waals surface area (Å²) in [6.07, 6.45) is -4.79. The number of hydrogen-bond acceptors (Lipinski definition) is 3. The van der Waals surface area contributed by atoms with Crippen LogP contribution in [0.1, 0.15) is 5.56 Å². The third kappa shape index (κ3) is 4.06. The smallest absolute Gasteiger partial charge is 0.406 e. The van der Waals surface area contributed by atoms with Crippen molar-refractivity contribution >= 4 is 11.6 Å². The van der Waals surface area contributed by atoms with E-state index in [4.69, 9.17) is 10.3 Å². The van der Waals surface area contributed by atoms with E-state index in [1.807, 2.05) is 0 Å². The van der Waals surface area contributed by atoms with E-state index in [1.165, 1.54) is 17.0 Å². The molecule has 1 aliphatic rings. The highest BCUT2D eigenvalue weighted by molar-refractivity contribution is 6.42. The summed E-state index contributed by atoms with van der Waals surface area (Å²) in [4.78, 5) is 16.6. The van der Waals surface area contributed by atoms with Crippen LogP contribution in [0.15, 0.2) is 24.3 Å². The number of nitrogens with zero attached hydrogens (tertiary/aromatic N) is 3. The number of benzene rings is 1. The average Bonchev–Trinajstić information content (AvgIpc) is 2.49. The van der Waals surface area contributed by atoms with E-state index in [0.29, 0.717) is 26.3 Å². The van der Waals surface area contributed by atoms with Crippen LogP contribution in [0.3, 0.4) is 0 Å². The number of alkyl halides is 3. The predicted molar refractivity (Wildman–Crippen MR) is 68.3 cm³/mol. The van der Waals surface area contributed by atoms with Crippen molar-refractivity contribution in [3.8, 4) is 5.75 Å². The van der Waals surface area contributed by atoms with Gasteiger partial charge in [-0.25, -0.2) is 0 Å². The molecular formula is C13H12F3N3O3. The molecule has 1 aromatic carbocycles. The highest BCUT2D eigenvalue weighted by atomic mass is 19.4. The summed E-state index contributed by atoms with van der Waals surface area (Å²) in [7, 11) is 0. The lowest BCUT2D eigenvalue weighted by Crippen LogP contribution is -2.44. The molecule has 0 spiro atoms. The molecule has 1 amide bonds. The normalized spacial score (nSPS) is 15.1. The van der Waals surface area contributed by atoms with Gasteiger partial charge in [-0.1, -0.05) is 0 Å². The first-order valence-corrected chi connectivity index (χ1v) is 6.36. The number of rotatable bonds is 3. The number of carbonyl (C=O) groups excluding carboxylic acids is 1. The number of ether oxygens (including phenoxy) is 2. The standard InChI is InChI=1S/C13H12F3N3O3/c14-13(15,16)22-10-3-1-9(2-4-10)11(18-17)12(20)19-5-7-21-8-6-19/h1-4H,5-8H2. The maximum absolute atomic E-state index is 12.2. The molecule has 0 aromatic heterocycles. The third-order valence-corrected chi connectivity index (χ3v) is 2.96. The Labute approximate surface area is 123 Å². The summed E-state index contributed by atoms with van der Waals surface area (Å²) >= 11 is 0. The van der Waals surface area contributed by atoms with Gasteiger partial charge in [-0.3, -0.25) is 4.79 Å². The quantitative estimate of drug-likeness (QED) is 0.481. The van der Waals surface area contributed by atoms with Gasteiger partial charge in [-0.15, -0.1) is 13.2 Å². The lowest BCUT2D eigenvalue weighted by atomic mass is 10.1. The molecule has 1 saturated heterocycles. The molecule has 1 heterocycles. The van der Waals surface area contributed by atoms with Crippen LogP contribution in [-0.2, 0) is 9.53 Å². The zero-order chi connectivity index (χ0) is 16.2. The van der Waals surface area contributed by atoms with Crippen LogP contribution in [0.25, 0.3) is 5.53 Å². The maximum atomic E-state index is 12.2. The van der Waals surface area contributed by atoms with E-state index >= 15 is 0 Å². The summed E-state index contributed by atoms with van der Waals surface area (Å²) < 4.78 is 45.1. The Hall–Kier alpha value is -2.38. The van der Waals surface area contributed by atoms with Gasteiger partial charge in [0.15, 0.2) is 0 Å². The monoisotopic (exact) mass is 315 g/mol. The van der Waals surface area contributed by atoms with Gasteiger partial charge < -0.3 is 19.9 Å². The topological polar surface area (TPSA) is 75.2 Å². The molecule has 6 nitrogen and oxygen atoms in total. The summed E-state index contributed by atoms with van der Waals surface area (Å²) in [5.74, 6) is -0.942. The molecule has 2 rings (SSSR count). The van der Waals surface area contributed by atoms with Crippen molar-refractivity contribution in [2.24, 2.45) is 0 Å². The van der Waals surface area contributed by atoms with Gasteiger partial charge in [0.2, 0.25) is 0 Å². The number of morpholine rings is 1. The number of hydrogen-bond donors (Lipinski definition) is 0. The maximum Gasteiger partial charge on any atom is 0.573 e. The van der Waals surface area contributed by atoms with Crippen LogP contribution < -0.4 is 4.74 Å².